The van der Waals surface area contributed by atoms with Crippen molar-refractivity contribution in [3.8, 4) is 0 Å². The average Bonchev–Trinajstić information content (AvgIpc) is 2.75. The van der Waals surface area contributed by atoms with Gasteiger partial charge in [0, 0.05) is 12.8 Å². The van der Waals surface area contributed by atoms with Gasteiger partial charge < -0.3 is 0 Å². The van der Waals surface area contributed by atoms with Gasteiger partial charge in [0.2, 0.25) is 0 Å². The third kappa shape index (κ3) is 274. The van der Waals surface area contributed by atoms with Crippen LogP contribution in [0.25, 0.3) is 0 Å². The predicted molar refractivity (Wildman–Crippen MR) is 202 cm³/mol. The van der Waals surface area contributed by atoms with Crippen LogP contribution >= 0.6 is 0 Å². The van der Waals surface area contributed by atoms with Crippen LogP contribution in [-0.4, -0.2) is 12.4 Å². The summed E-state index contributed by atoms with van der Waals surface area (Å²) in [6, 6.07) is 0. The SMILES string of the molecule is CC(C)(C)C(F)(F)F.CC(C)C.CC(C)C.CC(C)C.CC(C)C(F)(F)F.CCC.CCCC.[2H]C(C)(C)C.[2H]C([2H])(C)C.[2H]C([2H])(C)CC. The molecule has 0 N–H and O–H groups in total. The van der Waals surface area contributed by atoms with Crippen molar-refractivity contribution in [2.24, 2.45) is 35.0 Å². The molecule has 0 fully saturated rings. The van der Waals surface area contributed by atoms with Crippen molar-refractivity contribution in [3.63, 3.8) is 0 Å². The fourth-order valence-electron chi connectivity index (χ4n) is 0. The second kappa shape index (κ2) is 53.1. The Bertz CT molecular complexity index is 516. The highest BCUT2D eigenvalue weighted by molar-refractivity contribution is 4.70. The summed E-state index contributed by atoms with van der Waals surface area (Å²) in [5.74, 6) is 1.05. The fourth-order valence-corrected chi connectivity index (χ4v) is 0. The molecule has 0 rings (SSSR count). The standard InChI is InChI=1S/C5H9F3.C4H7F3.6C4H10.2C3H8/c1-4(2,3)5(6,7)8;1-3(2)4(5,6)7;4*1-4(2)3;2*1-3-4-2;2*1-3-2/h1-3H3;3H,1-2H3;4*4H,1-3H3;2*3-4H2,1-2H3;2*3H2,1-2H3/i;;4D;;;;3D2;;3D2;. The third-order valence-corrected chi connectivity index (χ3v) is 2.36. The summed E-state index contributed by atoms with van der Waals surface area (Å²) >= 11 is 0. The molecule has 0 spiro atoms. The van der Waals surface area contributed by atoms with E-state index in [1.807, 2.05) is 27.7 Å². The van der Waals surface area contributed by atoms with Gasteiger partial charge in [0.05, 0.1) is 5.41 Å². The molecule has 0 aliphatic heterocycles. The summed E-state index contributed by atoms with van der Waals surface area (Å²) in [5.41, 5.74) is -1.56. The predicted octanol–water partition coefficient (Wildman–Crippen LogP) is 17.9. The minimum Gasteiger partial charge on any atom is -0.171 e. The quantitative estimate of drug-likeness (QED) is 0.255. The zero-order valence-electron chi connectivity index (χ0n) is 40.4. The lowest BCUT2D eigenvalue weighted by Gasteiger charge is -2.21. The van der Waals surface area contributed by atoms with E-state index in [0.717, 1.165) is 52.4 Å². The number of halogens is 6. The van der Waals surface area contributed by atoms with Crippen molar-refractivity contribution >= 4 is 0 Å². The Kier molecular flexibility index (Phi) is 63.8. The normalized spacial score (nSPS) is 12.4. The van der Waals surface area contributed by atoms with Crippen LogP contribution in [0.5, 0.6) is 0 Å². The highest BCUT2D eigenvalue weighted by Crippen LogP contribution is 2.36. The van der Waals surface area contributed by atoms with Gasteiger partial charge in [0.25, 0.3) is 0 Å². The molecule has 0 aromatic heterocycles. The molecule has 0 aliphatic carbocycles. The molecule has 0 saturated heterocycles. The zero-order chi connectivity index (χ0) is 44.1. The molecule has 45 heavy (non-hydrogen) atoms. The van der Waals surface area contributed by atoms with Gasteiger partial charge in [-0.05, 0) is 23.6 Å². The minimum atomic E-state index is -4.06. The molecule has 0 unspecified atom stereocenters. The molecule has 0 aliphatic rings. The van der Waals surface area contributed by atoms with Crippen LogP contribution in [0, 0.1) is 35.0 Å². The Labute approximate surface area is 292 Å². The first-order valence-corrected chi connectivity index (χ1v) is 16.9. The molecule has 0 nitrogen and oxygen atoms in total. The van der Waals surface area contributed by atoms with Crippen LogP contribution in [0.4, 0.5) is 26.3 Å². The van der Waals surface area contributed by atoms with Gasteiger partial charge in [-0.1, -0.05) is 212 Å². The molecule has 0 amide bonds. The van der Waals surface area contributed by atoms with Crippen LogP contribution < -0.4 is 0 Å². The molecule has 6 heteroatoms. The average molecular weight is 680 g/mol. The van der Waals surface area contributed by atoms with Crippen LogP contribution in [-0.2, 0) is 0 Å². The van der Waals surface area contributed by atoms with E-state index in [2.05, 4.69) is 90.0 Å². The van der Waals surface area contributed by atoms with Crippen molar-refractivity contribution < 1.29 is 33.2 Å². The Morgan fingerprint density at radius 2 is 0.578 bits per heavy atom. The highest BCUT2D eigenvalue weighted by atomic mass is 19.4. The van der Waals surface area contributed by atoms with Crippen molar-refractivity contribution in [2.75, 3.05) is 0 Å². The Morgan fingerprint density at radius 3 is 0.578 bits per heavy atom. The maximum atomic E-state index is 11.6. The molecule has 0 aromatic rings. The Hall–Kier alpha value is -0.420. The Morgan fingerprint density at radius 1 is 0.489 bits per heavy atom. The van der Waals surface area contributed by atoms with Crippen LogP contribution in [0.1, 0.15) is 218 Å². The van der Waals surface area contributed by atoms with E-state index in [9.17, 15) is 26.3 Å². The molecule has 0 atom stereocenters. The Balaban J connectivity index is -0.0000000451. The van der Waals surface area contributed by atoms with E-state index >= 15 is 0 Å². The molecule has 0 aromatic carbocycles. The van der Waals surface area contributed by atoms with E-state index in [0.29, 0.717) is 6.42 Å². The van der Waals surface area contributed by atoms with Crippen molar-refractivity contribution in [1.29, 1.82) is 0 Å². The van der Waals surface area contributed by atoms with Crippen molar-refractivity contribution in [2.45, 2.75) is 224 Å². The van der Waals surface area contributed by atoms with Crippen LogP contribution in [0.15, 0.2) is 0 Å². The maximum absolute atomic E-state index is 11.6. The molecule has 0 saturated carbocycles. The fraction of sp³-hybridized carbons (Fsp3) is 1.00. The second-order valence-corrected chi connectivity index (χ2v) is 14.1. The topological polar surface area (TPSA) is 0 Å². The first kappa shape index (κ1) is 54.0. The summed E-state index contributed by atoms with van der Waals surface area (Å²) in [7, 11) is 0. The number of alkyl halides is 6. The van der Waals surface area contributed by atoms with Gasteiger partial charge in [-0.3, -0.25) is 0 Å². The highest BCUT2D eigenvalue weighted by Gasteiger charge is 2.42. The number of hydrogen-bond donors (Lipinski definition) is 0. The van der Waals surface area contributed by atoms with E-state index in [1.54, 1.807) is 6.92 Å². The van der Waals surface area contributed by atoms with E-state index < -0.39 is 36.4 Å². The van der Waals surface area contributed by atoms with Crippen molar-refractivity contribution in [1.82, 2.24) is 0 Å². The smallest absolute Gasteiger partial charge is 0.171 e. The number of unbranched alkanes of at least 4 members (excludes halogenated alkanes) is 1. The van der Waals surface area contributed by atoms with Gasteiger partial charge in [-0.2, -0.15) is 26.3 Å². The van der Waals surface area contributed by atoms with Gasteiger partial charge in [-0.15, -0.1) is 0 Å². The zero-order valence-corrected chi connectivity index (χ0v) is 35.4. The van der Waals surface area contributed by atoms with E-state index in [-0.39, 0.29) is 5.89 Å². The van der Waals surface area contributed by atoms with Gasteiger partial charge >= 0.3 is 12.4 Å². The molecular formula is C39H92F6. The molecule has 0 bridgehead atoms. The van der Waals surface area contributed by atoms with Crippen molar-refractivity contribution in [3.05, 3.63) is 0 Å². The second-order valence-electron chi connectivity index (χ2n) is 14.1. The molecule has 290 valence electrons. The summed E-state index contributed by atoms with van der Waals surface area (Å²) in [6.07, 6.45) is -5.53. The van der Waals surface area contributed by atoms with E-state index in [1.165, 1.54) is 33.1 Å². The summed E-state index contributed by atoms with van der Waals surface area (Å²) in [6.45, 7) is 45.8. The lowest BCUT2D eigenvalue weighted by molar-refractivity contribution is -0.204. The minimum absolute atomic E-state index is 0.250. The maximum Gasteiger partial charge on any atom is 0.393 e. The summed E-state index contributed by atoms with van der Waals surface area (Å²) in [4.78, 5) is 0. The van der Waals surface area contributed by atoms with Crippen LogP contribution in [0.3, 0.4) is 0 Å². The largest absolute Gasteiger partial charge is 0.393 e. The van der Waals surface area contributed by atoms with E-state index in [4.69, 9.17) is 6.85 Å². The lowest BCUT2D eigenvalue weighted by atomic mass is 9.96. The summed E-state index contributed by atoms with van der Waals surface area (Å²) < 4.78 is 102. The van der Waals surface area contributed by atoms with Gasteiger partial charge in [0.15, 0.2) is 0 Å². The summed E-state index contributed by atoms with van der Waals surface area (Å²) in [5, 5.41) is 0. The lowest BCUT2D eigenvalue weighted by Crippen LogP contribution is -2.28. The monoisotopic (exact) mass is 680 g/mol. The van der Waals surface area contributed by atoms with Gasteiger partial charge in [-0.25, -0.2) is 0 Å². The van der Waals surface area contributed by atoms with Crippen LogP contribution in [0.2, 0.25) is 0 Å². The number of hydrogen-bond acceptors (Lipinski definition) is 0. The molecule has 0 radical (unpaired) electrons. The first-order chi connectivity index (χ1) is 21.3. The third-order valence-electron chi connectivity index (χ3n) is 2.36. The molecular weight excluding hydrogens is 582 g/mol. The van der Waals surface area contributed by atoms with Gasteiger partial charge in [0.1, 0.15) is 0 Å². The molecule has 0 heterocycles. The first-order valence-electron chi connectivity index (χ1n) is 19.4. The number of rotatable bonds is 2.